The summed E-state index contributed by atoms with van der Waals surface area (Å²) >= 11 is 0. The Labute approximate surface area is 163 Å². The van der Waals surface area contributed by atoms with Gasteiger partial charge in [0.25, 0.3) is 5.91 Å². The number of carbonyl (C=O) groups is 1. The maximum atomic E-state index is 12.6. The number of benzene rings is 2. The summed E-state index contributed by atoms with van der Waals surface area (Å²) in [4.78, 5) is 21.3. The second-order valence-corrected chi connectivity index (χ2v) is 6.54. The number of carbonyl (C=O) groups excluding carboxylic acids is 1. The van der Waals surface area contributed by atoms with Crippen LogP contribution >= 0.6 is 0 Å². The van der Waals surface area contributed by atoms with E-state index in [1.165, 1.54) is 0 Å². The zero-order chi connectivity index (χ0) is 19.3. The Balaban J connectivity index is 1.51. The van der Waals surface area contributed by atoms with E-state index >= 15 is 0 Å². The van der Waals surface area contributed by atoms with Gasteiger partial charge in [-0.2, -0.15) is 0 Å². The van der Waals surface area contributed by atoms with Gasteiger partial charge in [-0.1, -0.05) is 42.5 Å². The van der Waals surface area contributed by atoms with Gasteiger partial charge in [0.1, 0.15) is 5.82 Å². The molecule has 2 aromatic carbocycles. The van der Waals surface area contributed by atoms with E-state index in [0.29, 0.717) is 17.9 Å². The summed E-state index contributed by atoms with van der Waals surface area (Å²) in [7, 11) is 0. The van der Waals surface area contributed by atoms with Crippen molar-refractivity contribution in [1.29, 1.82) is 0 Å². The molecule has 2 heterocycles. The van der Waals surface area contributed by atoms with Crippen molar-refractivity contribution in [3.05, 3.63) is 95.8 Å². The van der Waals surface area contributed by atoms with Gasteiger partial charge in [0.05, 0.1) is 11.2 Å². The van der Waals surface area contributed by atoms with Gasteiger partial charge in [-0.05, 0) is 42.3 Å². The Morgan fingerprint density at radius 1 is 0.929 bits per heavy atom. The van der Waals surface area contributed by atoms with Crippen LogP contribution in [0.3, 0.4) is 0 Å². The number of nitrogens with zero attached hydrogens (tertiary/aromatic N) is 2. The maximum Gasteiger partial charge on any atom is 0.251 e. The standard InChI is InChI=1S/C23H20N4O/c1-16-6-2-3-7-19(16)15-26-23(28)18-11-13-24-21(14-18)27-20-10-4-8-17-9-5-12-25-22(17)20/h2-14H,15H2,1H3,(H,24,27)(H,26,28). The first-order valence-corrected chi connectivity index (χ1v) is 9.10. The van der Waals surface area contributed by atoms with E-state index in [0.717, 1.165) is 27.7 Å². The lowest BCUT2D eigenvalue weighted by atomic mass is 10.1. The number of hydrogen-bond acceptors (Lipinski definition) is 4. The van der Waals surface area contributed by atoms with Crippen LogP contribution in [0.4, 0.5) is 11.5 Å². The Bertz CT molecular complexity index is 1130. The molecule has 0 spiro atoms. The highest BCUT2D eigenvalue weighted by atomic mass is 16.1. The van der Waals surface area contributed by atoms with Gasteiger partial charge < -0.3 is 10.6 Å². The fourth-order valence-electron chi connectivity index (χ4n) is 3.07. The SMILES string of the molecule is Cc1ccccc1CNC(=O)c1ccnc(Nc2cccc3cccnc23)c1. The zero-order valence-corrected chi connectivity index (χ0v) is 15.5. The average molecular weight is 368 g/mol. The normalized spacial score (nSPS) is 10.6. The van der Waals surface area contributed by atoms with Gasteiger partial charge in [-0.25, -0.2) is 4.98 Å². The van der Waals surface area contributed by atoms with Crippen molar-refractivity contribution in [2.45, 2.75) is 13.5 Å². The second-order valence-electron chi connectivity index (χ2n) is 6.54. The number of fused-ring (bicyclic) bond motifs is 1. The highest BCUT2D eigenvalue weighted by Gasteiger charge is 2.09. The van der Waals surface area contributed by atoms with E-state index in [4.69, 9.17) is 0 Å². The molecule has 138 valence electrons. The fraction of sp³-hybridized carbons (Fsp3) is 0.0870. The van der Waals surface area contributed by atoms with Crippen molar-refractivity contribution < 1.29 is 4.79 Å². The zero-order valence-electron chi connectivity index (χ0n) is 15.5. The third-order valence-electron chi connectivity index (χ3n) is 4.62. The van der Waals surface area contributed by atoms with Crippen LogP contribution in [0.25, 0.3) is 10.9 Å². The molecule has 28 heavy (non-hydrogen) atoms. The second kappa shape index (κ2) is 7.88. The topological polar surface area (TPSA) is 66.9 Å². The predicted molar refractivity (Wildman–Crippen MR) is 112 cm³/mol. The Morgan fingerprint density at radius 2 is 1.79 bits per heavy atom. The van der Waals surface area contributed by atoms with Crippen LogP contribution in [0.15, 0.2) is 79.1 Å². The first kappa shape index (κ1) is 17.7. The van der Waals surface area contributed by atoms with Gasteiger partial charge in [0, 0.05) is 29.9 Å². The number of rotatable bonds is 5. The summed E-state index contributed by atoms with van der Waals surface area (Å²) in [5.41, 5.74) is 4.52. The van der Waals surface area contributed by atoms with Crippen molar-refractivity contribution in [2.24, 2.45) is 0 Å². The van der Waals surface area contributed by atoms with E-state index in [-0.39, 0.29) is 5.91 Å². The molecule has 5 heteroatoms. The molecule has 0 radical (unpaired) electrons. The van der Waals surface area contributed by atoms with E-state index < -0.39 is 0 Å². The van der Waals surface area contributed by atoms with Gasteiger partial charge >= 0.3 is 0 Å². The van der Waals surface area contributed by atoms with Crippen molar-refractivity contribution in [2.75, 3.05) is 5.32 Å². The molecule has 0 bridgehead atoms. The smallest absolute Gasteiger partial charge is 0.251 e. The van der Waals surface area contributed by atoms with Crippen LogP contribution in [0.1, 0.15) is 21.5 Å². The average Bonchev–Trinajstić information content (AvgIpc) is 2.73. The number of pyridine rings is 2. The molecule has 5 nitrogen and oxygen atoms in total. The molecule has 0 fully saturated rings. The van der Waals surface area contributed by atoms with E-state index in [9.17, 15) is 4.79 Å². The first-order valence-electron chi connectivity index (χ1n) is 9.10. The third-order valence-corrected chi connectivity index (χ3v) is 4.62. The molecular weight excluding hydrogens is 348 g/mol. The molecule has 2 N–H and O–H groups in total. The highest BCUT2D eigenvalue weighted by Crippen LogP contribution is 2.24. The van der Waals surface area contributed by atoms with Crippen molar-refractivity contribution in [3.63, 3.8) is 0 Å². The van der Waals surface area contributed by atoms with Crippen LogP contribution in [0.2, 0.25) is 0 Å². The summed E-state index contributed by atoms with van der Waals surface area (Å²) in [5, 5.41) is 7.28. The van der Waals surface area contributed by atoms with Crippen LogP contribution in [0, 0.1) is 6.92 Å². The summed E-state index contributed by atoms with van der Waals surface area (Å²) in [5.74, 6) is 0.464. The minimum Gasteiger partial charge on any atom is -0.348 e. The summed E-state index contributed by atoms with van der Waals surface area (Å²) < 4.78 is 0. The largest absolute Gasteiger partial charge is 0.348 e. The van der Waals surface area contributed by atoms with Gasteiger partial charge in [0.15, 0.2) is 0 Å². The number of aryl methyl sites for hydroxylation is 1. The van der Waals surface area contributed by atoms with Crippen LogP contribution in [-0.4, -0.2) is 15.9 Å². The molecule has 0 unspecified atom stereocenters. The molecule has 4 aromatic rings. The Hall–Kier alpha value is -3.73. The maximum absolute atomic E-state index is 12.6. The Kier molecular flexibility index (Phi) is 4.97. The molecule has 1 amide bonds. The number of anilines is 2. The number of nitrogens with one attached hydrogen (secondary N) is 2. The summed E-state index contributed by atoms with van der Waals surface area (Å²) in [6, 6.07) is 21.3. The lowest BCUT2D eigenvalue weighted by Gasteiger charge is -2.10. The lowest BCUT2D eigenvalue weighted by molar-refractivity contribution is 0.0951. The van der Waals surface area contributed by atoms with E-state index in [1.54, 1.807) is 24.5 Å². The summed E-state index contributed by atoms with van der Waals surface area (Å²) in [6.45, 7) is 2.53. The van der Waals surface area contributed by atoms with Crippen LogP contribution in [0.5, 0.6) is 0 Å². The molecule has 0 aliphatic carbocycles. The minimum absolute atomic E-state index is 0.134. The molecule has 0 saturated heterocycles. The predicted octanol–water partition coefficient (Wildman–Crippen LogP) is 4.61. The van der Waals surface area contributed by atoms with E-state index in [2.05, 4.69) is 20.6 Å². The molecule has 2 aromatic heterocycles. The third kappa shape index (κ3) is 3.83. The molecule has 4 rings (SSSR count). The molecule has 0 saturated carbocycles. The van der Waals surface area contributed by atoms with E-state index in [1.807, 2.05) is 61.5 Å². The fourth-order valence-corrected chi connectivity index (χ4v) is 3.07. The summed E-state index contributed by atoms with van der Waals surface area (Å²) in [6.07, 6.45) is 3.39. The lowest BCUT2D eigenvalue weighted by Crippen LogP contribution is -2.23. The van der Waals surface area contributed by atoms with Gasteiger partial charge in [0.2, 0.25) is 0 Å². The number of aromatic nitrogens is 2. The first-order chi connectivity index (χ1) is 13.7. The highest BCUT2D eigenvalue weighted by molar-refractivity contribution is 5.96. The minimum atomic E-state index is -0.134. The number of para-hydroxylation sites is 1. The van der Waals surface area contributed by atoms with Crippen molar-refractivity contribution in [3.8, 4) is 0 Å². The molecular formula is C23H20N4O. The Morgan fingerprint density at radius 3 is 2.68 bits per heavy atom. The van der Waals surface area contributed by atoms with Crippen LogP contribution < -0.4 is 10.6 Å². The van der Waals surface area contributed by atoms with Crippen molar-refractivity contribution in [1.82, 2.24) is 15.3 Å². The number of hydrogen-bond donors (Lipinski definition) is 2. The molecule has 0 aliphatic rings. The quantitative estimate of drug-likeness (QED) is 0.540. The van der Waals surface area contributed by atoms with Gasteiger partial charge in [-0.3, -0.25) is 9.78 Å². The van der Waals surface area contributed by atoms with Gasteiger partial charge in [-0.15, -0.1) is 0 Å². The molecule has 0 atom stereocenters. The molecule has 0 aliphatic heterocycles. The number of amides is 1. The van der Waals surface area contributed by atoms with Crippen molar-refractivity contribution >= 4 is 28.3 Å². The monoisotopic (exact) mass is 368 g/mol. The van der Waals surface area contributed by atoms with Crippen LogP contribution in [-0.2, 0) is 6.54 Å².